The summed E-state index contributed by atoms with van der Waals surface area (Å²) in [5.74, 6) is 1.46. The van der Waals surface area contributed by atoms with E-state index in [0.29, 0.717) is 22.4 Å². The number of aryl methyl sites for hydroxylation is 2. The molecule has 0 saturated carbocycles. The maximum Gasteiger partial charge on any atom is 0.270 e. The Morgan fingerprint density at radius 1 is 0.875 bits per heavy atom. The van der Waals surface area contributed by atoms with Crippen molar-refractivity contribution in [3.63, 3.8) is 0 Å². The van der Waals surface area contributed by atoms with E-state index in [1.165, 1.54) is 22.9 Å². The van der Waals surface area contributed by atoms with Crippen LogP contribution in [0.3, 0.4) is 0 Å². The van der Waals surface area contributed by atoms with Crippen molar-refractivity contribution in [3.05, 3.63) is 94.4 Å². The molecule has 1 heterocycles. The van der Waals surface area contributed by atoms with Crippen LogP contribution in [0.15, 0.2) is 77.7 Å². The summed E-state index contributed by atoms with van der Waals surface area (Å²) in [4.78, 5) is 15.1. The van der Waals surface area contributed by atoms with Crippen molar-refractivity contribution < 1.29 is 14.3 Å². The van der Waals surface area contributed by atoms with Crippen LogP contribution in [0.5, 0.6) is 11.5 Å². The van der Waals surface area contributed by atoms with Gasteiger partial charge in [0, 0.05) is 0 Å². The minimum absolute atomic E-state index is 0.112. The van der Waals surface area contributed by atoms with Gasteiger partial charge in [-0.25, -0.2) is 0 Å². The number of anilines is 1. The van der Waals surface area contributed by atoms with Crippen LogP contribution in [0.2, 0.25) is 0 Å². The van der Waals surface area contributed by atoms with Gasteiger partial charge in [-0.1, -0.05) is 60.4 Å². The van der Waals surface area contributed by atoms with Crippen molar-refractivity contribution in [1.82, 2.24) is 0 Å². The Bertz CT molecular complexity index is 1150. The largest absolute Gasteiger partial charge is 0.490 e. The topological polar surface area (TPSA) is 38.8 Å². The van der Waals surface area contributed by atoms with Gasteiger partial charge in [-0.2, -0.15) is 0 Å². The van der Waals surface area contributed by atoms with Gasteiger partial charge in [-0.3, -0.25) is 9.69 Å². The van der Waals surface area contributed by atoms with E-state index in [0.717, 1.165) is 22.7 Å². The predicted molar refractivity (Wildman–Crippen MR) is 135 cm³/mol. The summed E-state index contributed by atoms with van der Waals surface area (Å²) in [5.41, 5.74) is 4.00. The normalized spacial score (nSPS) is 14.8. The molecule has 1 aliphatic heterocycles. The second-order valence-corrected chi connectivity index (χ2v) is 9.12. The number of para-hydroxylation sites is 1. The molecule has 3 aromatic rings. The molecule has 0 bridgehead atoms. The van der Waals surface area contributed by atoms with Crippen LogP contribution < -0.4 is 14.4 Å². The molecule has 0 atom stereocenters. The Morgan fingerprint density at radius 3 is 2.28 bits per heavy atom. The Labute approximate surface area is 197 Å². The molecular formula is C26H23NO3S2. The van der Waals surface area contributed by atoms with E-state index in [-0.39, 0.29) is 5.91 Å². The summed E-state index contributed by atoms with van der Waals surface area (Å²) >= 11 is 6.74. The Balaban J connectivity index is 1.38. The summed E-state index contributed by atoms with van der Waals surface area (Å²) in [6, 6.07) is 23.2. The molecule has 0 unspecified atom stereocenters. The van der Waals surface area contributed by atoms with Gasteiger partial charge in [0.05, 0.1) is 10.6 Å². The number of thioether (sulfide) groups is 1. The summed E-state index contributed by atoms with van der Waals surface area (Å²) in [5, 5.41) is 0. The number of hydrogen-bond donors (Lipinski definition) is 0. The smallest absolute Gasteiger partial charge is 0.270 e. The average Bonchev–Trinajstić information content (AvgIpc) is 3.04. The highest BCUT2D eigenvalue weighted by Gasteiger charge is 2.33. The van der Waals surface area contributed by atoms with E-state index in [9.17, 15) is 4.79 Å². The molecule has 1 amide bonds. The lowest BCUT2D eigenvalue weighted by Gasteiger charge is -2.13. The fourth-order valence-electron chi connectivity index (χ4n) is 3.45. The Morgan fingerprint density at radius 2 is 1.56 bits per heavy atom. The van der Waals surface area contributed by atoms with Crippen molar-refractivity contribution in [2.45, 2.75) is 13.8 Å². The number of thiocarbonyl (C=S) groups is 1. The van der Waals surface area contributed by atoms with Crippen LogP contribution >= 0.6 is 24.0 Å². The van der Waals surface area contributed by atoms with Crippen LogP contribution in [0.4, 0.5) is 5.69 Å². The maximum atomic E-state index is 12.9. The highest BCUT2D eigenvalue weighted by molar-refractivity contribution is 8.27. The first kappa shape index (κ1) is 22.1. The molecule has 4 nitrogen and oxygen atoms in total. The van der Waals surface area contributed by atoms with E-state index in [1.807, 2.05) is 72.8 Å². The molecule has 1 saturated heterocycles. The second kappa shape index (κ2) is 10.0. The first-order valence-corrected chi connectivity index (χ1v) is 11.5. The zero-order valence-corrected chi connectivity index (χ0v) is 19.5. The Kier molecular flexibility index (Phi) is 6.93. The van der Waals surface area contributed by atoms with E-state index in [2.05, 4.69) is 19.9 Å². The average molecular weight is 462 g/mol. The molecule has 0 spiro atoms. The fourth-order valence-corrected chi connectivity index (χ4v) is 4.75. The molecule has 0 N–H and O–H groups in total. The first-order valence-electron chi connectivity index (χ1n) is 10.3. The van der Waals surface area contributed by atoms with Gasteiger partial charge in [0.15, 0.2) is 4.32 Å². The number of carbonyl (C=O) groups is 1. The van der Waals surface area contributed by atoms with Gasteiger partial charge in [0.25, 0.3) is 5.91 Å². The molecule has 0 aromatic heterocycles. The number of hydrogen-bond acceptors (Lipinski definition) is 5. The lowest BCUT2D eigenvalue weighted by Crippen LogP contribution is -2.27. The molecule has 32 heavy (non-hydrogen) atoms. The third kappa shape index (κ3) is 5.39. The van der Waals surface area contributed by atoms with Gasteiger partial charge in [-0.05, 0) is 73.0 Å². The zero-order valence-electron chi connectivity index (χ0n) is 17.9. The Hall–Kier alpha value is -3.09. The minimum atomic E-state index is -0.112. The number of amides is 1. The first-order chi connectivity index (χ1) is 15.5. The number of rotatable bonds is 7. The molecule has 162 valence electrons. The van der Waals surface area contributed by atoms with Gasteiger partial charge in [-0.15, -0.1) is 0 Å². The molecule has 4 rings (SSSR count). The molecule has 1 fully saturated rings. The molecule has 0 radical (unpaired) electrons. The van der Waals surface area contributed by atoms with Crippen LogP contribution in [-0.2, 0) is 4.79 Å². The monoisotopic (exact) mass is 461 g/mol. The van der Waals surface area contributed by atoms with Crippen molar-refractivity contribution in [3.8, 4) is 11.5 Å². The van der Waals surface area contributed by atoms with Gasteiger partial charge < -0.3 is 9.47 Å². The lowest BCUT2D eigenvalue weighted by atomic mass is 10.1. The summed E-state index contributed by atoms with van der Waals surface area (Å²) in [7, 11) is 0. The SMILES string of the molecule is Cc1cc(C)cc(OCCOc2cccc(/C=C3\SC(=S)N(c4ccccc4)C3=O)c2)c1. The number of benzene rings is 3. The molecule has 3 aromatic carbocycles. The van der Waals surface area contributed by atoms with Crippen molar-refractivity contribution >= 4 is 46.0 Å². The van der Waals surface area contributed by atoms with E-state index in [1.54, 1.807) is 4.90 Å². The van der Waals surface area contributed by atoms with E-state index in [4.69, 9.17) is 21.7 Å². The molecular weight excluding hydrogens is 438 g/mol. The second-order valence-electron chi connectivity index (χ2n) is 7.45. The summed E-state index contributed by atoms with van der Waals surface area (Å²) in [6.07, 6.45) is 1.85. The standard InChI is InChI=1S/C26H23NO3S2/c1-18-13-19(2)15-23(14-18)30-12-11-29-22-10-6-7-20(16-22)17-24-25(28)27(26(31)32-24)21-8-4-3-5-9-21/h3-10,13-17H,11-12H2,1-2H3/b24-17-. The van der Waals surface area contributed by atoms with Crippen LogP contribution in [-0.4, -0.2) is 23.4 Å². The molecule has 6 heteroatoms. The number of ether oxygens (including phenoxy) is 2. The highest BCUT2D eigenvalue weighted by Crippen LogP contribution is 2.36. The van der Waals surface area contributed by atoms with Crippen molar-refractivity contribution in [2.24, 2.45) is 0 Å². The number of nitrogens with zero attached hydrogens (tertiary/aromatic N) is 1. The van der Waals surface area contributed by atoms with Gasteiger partial charge >= 0.3 is 0 Å². The predicted octanol–water partition coefficient (Wildman–Crippen LogP) is 6.17. The summed E-state index contributed by atoms with van der Waals surface area (Å²) in [6.45, 7) is 4.97. The fraction of sp³-hybridized carbons (Fsp3) is 0.154. The lowest BCUT2D eigenvalue weighted by molar-refractivity contribution is -0.113. The van der Waals surface area contributed by atoms with E-state index >= 15 is 0 Å². The molecule has 0 aliphatic carbocycles. The quantitative estimate of drug-likeness (QED) is 0.239. The third-order valence-electron chi connectivity index (χ3n) is 4.78. The summed E-state index contributed by atoms with van der Waals surface area (Å²) < 4.78 is 12.2. The zero-order chi connectivity index (χ0) is 22.5. The maximum absolute atomic E-state index is 12.9. The third-order valence-corrected chi connectivity index (χ3v) is 6.08. The minimum Gasteiger partial charge on any atom is -0.490 e. The van der Waals surface area contributed by atoms with Gasteiger partial charge in [0.1, 0.15) is 24.7 Å². The van der Waals surface area contributed by atoms with E-state index < -0.39 is 0 Å². The molecule has 1 aliphatic rings. The van der Waals surface area contributed by atoms with Crippen molar-refractivity contribution in [1.29, 1.82) is 0 Å². The van der Waals surface area contributed by atoms with Crippen molar-refractivity contribution in [2.75, 3.05) is 18.1 Å². The van der Waals surface area contributed by atoms with Crippen LogP contribution in [0.25, 0.3) is 6.08 Å². The number of carbonyl (C=O) groups excluding carboxylic acids is 1. The van der Waals surface area contributed by atoms with Crippen LogP contribution in [0, 0.1) is 13.8 Å². The van der Waals surface area contributed by atoms with Crippen LogP contribution in [0.1, 0.15) is 16.7 Å². The highest BCUT2D eigenvalue weighted by atomic mass is 32.2. The van der Waals surface area contributed by atoms with Gasteiger partial charge in [0.2, 0.25) is 0 Å².